The van der Waals surface area contributed by atoms with Crippen molar-refractivity contribution in [2.75, 3.05) is 62.6 Å². The van der Waals surface area contributed by atoms with Gasteiger partial charge in [-0.2, -0.15) is 0 Å². The minimum Gasteiger partial charge on any atom is -0.383 e. The molecule has 0 spiro atoms. The molecule has 1 fully saturated rings. The van der Waals surface area contributed by atoms with Gasteiger partial charge in [0.1, 0.15) is 17.3 Å². The maximum absolute atomic E-state index is 5.15. The second-order valence-electron chi connectivity index (χ2n) is 7.73. The van der Waals surface area contributed by atoms with Crippen LogP contribution in [0.1, 0.15) is 24.4 Å². The van der Waals surface area contributed by atoms with E-state index in [0.29, 0.717) is 19.0 Å². The molecule has 8 heteroatoms. The van der Waals surface area contributed by atoms with Crippen LogP contribution in [0.25, 0.3) is 23.2 Å². The van der Waals surface area contributed by atoms with Gasteiger partial charge in [-0.1, -0.05) is 12.1 Å². The molecule has 3 aromatic rings. The number of hydrogen-bond donors (Lipinski definition) is 1. The number of ether oxygens (including phenoxy) is 1. The second kappa shape index (κ2) is 9.70. The molecule has 0 bridgehead atoms. The summed E-state index contributed by atoms with van der Waals surface area (Å²) in [6, 6.07) is 9.91. The lowest BCUT2D eigenvalue weighted by Crippen LogP contribution is -2.20. The Morgan fingerprint density at radius 1 is 1.03 bits per heavy atom. The van der Waals surface area contributed by atoms with Crippen LogP contribution in [-0.2, 0) is 4.74 Å². The Hall–Kier alpha value is -3.26. The molecule has 2 aromatic heterocycles. The number of methoxy groups -OCH3 is 1. The van der Waals surface area contributed by atoms with Gasteiger partial charge in [0, 0.05) is 46.9 Å². The van der Waals surface area contributed by atoms with Gasteiger partial charge < -0.3 is 19.9 Å². The number of anilines is 3. The zero-order valence-corrected chi connectivity index (χ0v) is 18.4. The highest BCUT2D eigenvalue weighted by Gasteiger charge is 2.16. The SMILES string of the molecule is COCCNc1cc(N2CCCC2)nc(C=Cc2nc3ccccc3nc2N(C)C)n1. The number of rotatable bonds is 8. The summed E-state index contributed by atoms with van der Waals surface area (Å²) >= 11 is 0. The molecule has 0 radical (unpaired) electrons. The largest absolute Gasteiger partial charge is 0.383 e. The van der Waals surface area contributed by atoms with Crippen molar-refractivity contribution in [3.8, 4) is 0 Å². The third kappa shape index (κ3) is 5.08. The summed E-state index contributed by atoms with van der Waals surface area (Å²) in [5.74, 6) is 3.20. The van der Waals surface area contributed by atoms with Crippen LogP contribution >= 0.6 is 0 Å². The molecule has 31 heavy (non-hydrogen) atoms. The molecule has 162 valence electrons. The Bertz CT molecular complexity index is 1060. The van der Waals surface area contributed by atoms with Crippen molar-refractivity contribution < 1.29 is 4.74 Å². The molecule has 8 nitrogen and oxygen atoms in total. The molecule has 0 amide bonds. The van der Waals surface area contributed by atoms with E-state index in [1.165, 1.54) is 12.8 Å². The van der Waals surface area contributed by atoms with Crippen molar-refractivity contribution in [1.82, 2.24) is 19.9 Å². The average molecular weight is 420 g/mol. The van der Waals surface area contributed by atoms with Crippen LogP contribution in [0.15, 0.2) is 30.3 Å². The maximum atomic E-state index is 5.15. The number of nitrogens with one attached hydrogen (secondary N) is 1. The van der Waals surface area contributed by atoms with Gasteiger partial charge in [-0.25, -0.2) is 19.9 Å². The van der Waals surface area contributed by atoms with Crippen LogP contribution < -0.4 is 15.1 Å². The summed E-state index contributed by atoms with van der Waals surface area (Å²) in [6.45, 7) is 3.36. The number of hydrogen-bond acceptors (Lipinski definition) is 8. The number of nitrogens with zero attached hydrogens (tertiary/aromatic N) is 6. The molecule has 4 rings (SSSR count). The van der Waals surface area contributed by atoms with Gasteiger partial charge in [-0.3, -0.25) is 0 Å². The van der Waals surface area contributed by atoms with Crippen molar-refractivity contribution >= 4 is 40.6 Å². The van der Waals surface area contributed by atoms with Gasteiger partial charge in [0.2, 0.25) is 0 Å². The Morgan fingerprint density at radius 2 is 1.77 bits per heavy atom. The molecule has 1 saturated heterocycles. The van der Waals surface area contributed by atoms with Crippen LogP contribution in [0.3, 0.4) is 0 Å². The van der Waals surface area contributed by atoms with Crippen molar-refractivity contribution in [2.24, 2.45) is 0 Å². The quantitative estimate of drug-likeness (QED) is 0.557. The topological polar surface area (TPSA) is 79.3 Å². The summed E-state index contributed by atoms with van der Waals surface area (Å²) in [6.07, 6.45) is 6.24. The van der Waals surface area contributed by atoms with Gasteiger partial charge in [-0.15, -0.1) is 0 Å². The van der Waals surface area contributed by atoms with Gasteiger partial charge >= 0.3 is 0 Å². The van der Waals surface area contributed by atoms with Gasteiger partial charge in [0.05, 0.1) is 17.6 Å². The fraction of sp³-hybridized carbons (Fsp3) is 0.391. The molecule has 0 unspecified atom stereocenters. The predicted molar refractivity (Wildman–Crippen MR) is 127 cm³/mol. The third-order valence-corrected chi connectivity index (χ3v) is 5.16. The fourth-order valence-corrected chi connectivity index (χ4v) is 3.61. The maximum Gasteiger partial charge on any atom is 0.156 e. The second-order valence-corrected chi connectivity index (χ2v) is 7.73. The molecule has 1 aliphatic heterocycles. The molecular formula is C23H29N7O. The molecule has 0 saturated carbocycles. The minimum absolute atomic E-state index is 0.618. The molecule has 3 heterocycles. The van der Waals surface area contributed by atoms with Crippen LogP contribution in [-0.4, -0.2) is 67.4 Å². The Kier molecular flexibility index (Phi) is 6.57. The highest BCUT2D eigenvalue weighted by molar-refractivity contribution is 5.81. The third-order valence-electron chi connectivity index (χ3n) is 5.16. The van der Waals surface area contributed by atoms with Gasteiger partial charge in [0.15, 0.2) is 11.6 Å². The molecule has 1 aliphatic rings. The first-order valence-corrected chi connectivity index (χ1v) is 10.6. The van der Waals surface area contributed by atoms with Crippen molar-refractivity contribution in [3.05, 3.63) is 41.9 Å². The number of benzene rings is 1. The highest BCUT2D eigenvalue weighted by Crippen LogP contribution is 2.23. The zero-order chi connectivity index (χ0) is 21.6. The number of fused-ring (bicyclic) bond motifs is 1. The van der Waals surface area contributed by atoms with E-state index in [4.69, 9.17) is 19.7 Å². The number of para-hydroxylation sites is 2. The van der Waals surface area contributed by atoms with Crippen LogP contribution in [0.5, 0.6) is 0 Å². The van der Waals surface area contributed by atoms with Crippen molar-refractivity contribution in [3.63, 3.8) is 0 Å². The monoisotopic (exact) mass is 419 g/mol. The normalized spacial score (nSPS) is 14.0. The first-order chi connectivity index (χ1) is 15.1. The first-order valence-electron chi connectivity index (χ1n) is 10.6. The van der Waals surface area contributed by atoms with Crippen molar-refractivity contribution in [1.29, 1.82) is 0 Å². The number of aromatic nitrogens is 4. The highest BCUT2D eigenvalue weighted by atomic mass is 16.5. The van der Waals surface area contributed by atoms with Gasteiger partial charge in [0.25, 0.3) is 0 Å². The van der Waals surface area contributed by atoms with Gasteiger partial charge in [-0.05, 0) is 37.1 Å². The molecule has 1 N–H and O–H groups in total. The Morgan fingerprint density at radius 3 is 2.48 bits per heavy atom. The molecule has 1 aromatic carbocycles. The zero-order valence-electron chi connectivity index (χ0n) is 18.4. The summed E-state index contributed by atoms with van der Waals surface area (Å²) < 4.78 is 5.15. The van der Waals surface area contributed by atoms with E-state index in [2.05, 4.69) is 15.2 Å². The van der Waals surface area contributed by atoms with Crippen LogP contribution in [0.4, 0.5) is 17.5 Å². The smallest absolute Gasteiger partial charge is 0.156 e. The summed E-state index contributed by atoms with van der Waals surface area (Å²) in [4.78, 5) is 23.3. The standard InChI is InChI=1S/C23H29N7O/c1-29(2)23-19(25-17-8-4-5-9-18(17)26-23)10-11-20-27-21(24-12-15-31-3)16-22(28-20)30-13-6-7-14-30/h4-5,8-11,16H,6-7,12-15H2,1-3H3,(H,24,27,28). The summed E-state index contributed by atoms with van der Waals surface area (Å²) in [5, 5.41) is 3.33. The van der Waals surface area contributed by atoms with Crippen LogP contribution in [0.2, 0.25) is 0 Å². The van der Waals surface area contributed by atoms with E-state index in [0.717, 1.165) is 47.3 Å². The first kappa shape index (κ1) is 21.0. The predicted octanol–water partition coefficient (Wildman–Crippen LogP) is 3.31. The van der Waals surface area contributed by atoms with E-state index in [1.807, 2.05) is 61.5 Å². The lowest BCUT2D eigenvalue weighted by atomic mass is 10.2. The van der Waals surface area contributed by atoms with E-state index < -0.39 is 0 Å². The fourth-order valence-electron chi connectivity index (χ4n) is 3.61. The van der Waals surface area contributed by atoms with Crippen LogP contribution in [0, 0.1) is 0 Å². The Labute approximate surface area is 183 Å². The van der Waals surface area contributed by atoms with E-state index in [9.17, 15) is 0 Å². The summed E-state index contributed by atoms with van der Waals surface area (Å²) in [5.41, 5.74) is 2.52. The molecule has 0 atom stereocenters. The minimum atomic E-state index is 0.618. The average Bonchev–Trinajstić information content (AvgIpc) is 3.32. The molecular weight excluding hydrogens is 390 g/mol. The summed E-state index contributed by atoms with van der Waals surface area (Å²) in [7, 11) is 5.63. The lowest BCUT2D eigenvalue weighted by molar-refractivity contribution is 0.210. The van der Waals surface area contributed by atoms with E-state index in [1.54, 1.807) is 7.11 Å². The van der Waals surface area contributed by atoms with E-state index in [-0.39, 0.29) is 0 Å². The lowest BCUT2D eigenvalue weighted by Gasteiger charge is -2.18. The van der Waals surface area contributed by atoms with Crippen molar-refractivity contribution in [2.45, 2.75) is 12.8 Å². The van der Waals surface area contributed by atoms with E-state index >= 15 is 0 Å². The molecule has 0 aliphatic carbocycles. The Balaban J connectivity index is 1.68.